The maximum atomic E-state index is 12.6. The van der Waals surface area contributed by atoms with Gasteiger partial charge in [0.1, 0.15) is 0 Å². The number of aromatic nitrogens is 3. The number of benzene rings is 1. The van der Waals surface area contributed by atoms with E-state index in [1.54, 1.807) is 16.7 Å². The third-order valence-corrected chi connectivity index (χ3v) is 5.07. The van der Waals surface area contributed by atoms with Crippen molar-refractivity contribution in [1.29, 1.82) is 0 Å². The van der Waals surface area contributed by atoms with Crippen LogP contribution in [0.25, 0.3) is 22.3 Å². The molecule has 0 fully saturated rings. The van der Waals surface area contributed by atoms with Gasteiger partial charge in [-0.1, -0.05) is 39.0 Å². The first kappa shape index (κ1) is 19.7. The predicted molar refractivity (Wildman–Crippen MR) is 108 cm³/mol. The summed E-state index contributed by atoms with van der Waals surface area (Å²) in [4.78, 5) is 39.5. The van der Waals surface area contributed by atoms with E-state index in [1.807, 2.05) is 0 Å². The van der Waals surface area contributed by atoms with Gasteiger partial charge in [-0.25, -0.2) is 4.79 Å². The van der Waals surface area contributed by atoms with E-state index in [2.05, 4.69) is 11.9 Å². The molecule has 2 heterocycles. The van der Waals surface area contributed by atoms with Gasteiger partial charge in [-0.15, -0.1) is 0 Å². The van der Waals surface area contributed by atoms with Crippen LogP contribution in [0.1, 0.15) is 45.4 Å². The Morgan fingerprint density at radius 2 is 1.79 bits per heavy atom. The minimum Gasteiger partial charge on any atom is -0.325 e. The molecule has 0 bridgehead atoms. The standard InChI is InChI=1S/C20H24N4O4/c1-3-4-5-6-7-8-11-23-17-13-15(24(27)28)10-9-14(17)12-16-18(23)21-20(26)22(2)19(16)25/h9-10,12-13H,3-8,11H2,1-2H3. The number of rotatable bonds is 8. The van der Waals surface area contributed by atoms with E-state index in [1.165, 1.54) is 38.4 Å². The Labute approximate surface area is 161 Å². The average molecular weight is 384 g/mol. The van der Waals surface area contributed by atoms with Crippen LogP contribution in [0.4, 0.5) is 5.69 Å². The number of pyridine rings is 1. The van der Waals surface area contributed by atoms with Crippen LogP contribution in [-0.4, -0.2) is 19.0 Å². The van der Waals surface area contributed by atoms with Crippen molar-refractivity contribution in [3.8, 4) is 11.4 Å². The molecule has 1 aromatic carbocycles. The lowest BCUT2D eigenvalue weighted by Crippen LogP contribution is -2.36. The second-order valence-corrected chi connectivity index (χ2v) is 7.06. The molecular weight excluding hydrogens is 360 g/mol. The Morgan fingerprint density at radius 3 is 2.50 bits per heavy atom. The molecule has 0 saturated carbocycles. The Balaban J connectivity index is 2.11. The smallest absolute Gasteiger partial charge is 0.325 e. The minimum absolute atomic E-state index is 0.0327. The number of nitro groups is 1. The van der Waals surface area contributed by atoms with Crippen molar-refractivity contribution < 1.29 is 4.92 Å². The van der Waals surface area contributed by atoms with Crippen LogP contribution in [-0.2, 0) is 13.6 Å². The third-order valence-electron chi connectivity index (χ3n) is 5.07. The number of fused-ring (bicyclic) bond motifs is 2. The fraction of sp³-hybridized carbons (Fsp3) is 0.450. The molecule has 0 amide bonds. The zero-order chi connectivity index (χ0) is 20.3. The molecule has 0 N–H and O–H groups in total. The predicted octanol–water partition coefficient (Wildman–Crippen LogP) is 3.47. The Hall–Kier alpha value is -3.03. The third kappa shape index (κ3) is 3.81. The van der Waals surface area contributed by atoms with Gasteiger partial charge in [0.15, 0.2) is 5.82 Å². The quantitative estimate of drug-likeness (QED) is 0.256. The number of hydrogen-bond acceptors (Lipinski definition) is 5. The topological polar surface area (TPSA) is 100 Å². The molecule has 0 atom stereocenters. The van der Waals surface area contributed by atoms with Crippen LogP contribution >= 0.6 is 0 Å². The van der Waals surface area contributed by atoms with Crippen molar-refractivity contribution in [2.75, 3.05) is 0 Å². The van der Waals surface area contributed by atoms with Gasteiger partial charge < -0.3 is 4.57 Å². The molecule has 2 aliphatic heterocycles. The van der Waals surface area contributed by atoms with E-state index in [-0.39, 0.29) is 11.5 Å². The van der Waals surface area contributed by atoms with Gasteiger partial charge in [-0.2, -0.15) is 4.98 Å². The fourth-order valence-corrected chi connectivity index (χ4v) is 3.47. The lowest BCUT2D eigenvalue weighted by Gasteiger charge is -2.18. The summed E-state index contributed by atoms with van der Waals surface area (Å²) in [6.45, 7) is 2.71. The lowest BCUT2D eigenvalue weighted by atomic mass is 10.1. The Kier molecular flexibility index (Phi) is 5.87. The molecule has 2 aliphatic rings. The van der Waals surface area contributed by atoms with E-state index in [0.29, 0.717) is 23.0 Å². The summed E-state index contributed by atoms with van der Waals surface area (Å²) >= 11 is 0. The van der Waals surface area contributed by atoms with Crippen LogP contribution in [0.15, 0.2) is 33.9 Å². The second-order valence-electron chi connectivity index (χ2n) is 7.06. The highest BCUT2D eigenvalue weighted by molar-refractivity contribution is 5.87. The van der Waals surface area contributed by atoms with Crippen LogP contribution < -0.4 is 11.2 Å². The molecule has 0 unspecified atom stereocenters. The minimum atomic E-state index is -0.626. The van der Waals surface area contributed by atoms with Gasteiger partial charge in [0.05, 0.1) is 16.0 Å². The molecule has 28 heavy (non-hydrogen) atoms. The van der Waals surface area contributed by atoms with Gasteiger partial charge in [-0.05, 0) is 23.9 Å². The molecule has 8 nitrogen and oxygen atoms in total. The molecule has 1 aromatic rings. The normalized spacial score (nSPS) is 11.4. The molecular formula is C20H24N4O4. The monoisotopic (exact) mass is 384 g/mol. The van der Waals surface area contributed by atoms with Crippen molar-refractivity contribution in [2.24, 2.45) is 7.05 Å². The highest BCUT2D eigenvalue weighted by atomic mass is 16.6. The van der Waals surface area contributed by atoms with Crippen LogP contribution in [0.2, 0.25) is 0 Å². The molecule has 0 saturated heterocycles. The van der Waals surface area contributed by atoms with Crippen molar-refractivity contribution in [3.05, 3.63) is 55.2 Å². The first-order valence-corrected chi connectivity index (χ1v) is 9.62. The van der Waals surface area contributed by atoms with Crippen LogP contribution in [0, 0.1) is 10.1 Å². The number of unbranched alkanes of at least 4 members (excludes halogenated alkanes) is 5. The largest absolute Gasteiger partial charge is 0.352 e. The first-order valence-electron chi connectivity index (χ1n) is 9.62. The lowest BCUT2D eigenvalue weighted by molar-refractivity contribution is -0.384. The summed E-state index contributed by atoms with van der Waals surface area (Å²) in [5, 5.41) is 11.9. The molecule has 0 radical (unpaired) electrons. The van der Waals surface area contributed by atoms with E-state index in [0.717, 1.165) is 23.8 Å². The number of nitro benzene ring substituents is 1. The zero-order valence-corrected chi connectivity index (χ0v) is 16.2. The Morgan fingerprint density at radius 1 is 1.07 bits per heavy atom. The summed E-state index contributed by atoms with van der Waals surface area (Å²) in [5.41, 5.74) is -0.120. The van der Waals surface area contributed by atoms with Crippen LogP contribution in [0.3, 0.4) is 0 Å². The fourth-order valence-electron chi connectivity index (χ4n) is 3.47. The molecule has 3 rings (SSSR count). The maximum absolute atomic E-state index is 12.6. The highest BCUT2D eigenvalue weighted by Gasteiger charge is 2.20. The molecule has 148 valence electrons. The molecule has 8 heteroatoms. The highest BCUT2D eigenvalue weighted by Crippen LogP contribution is 2.27. The summed E-state index contributed by atoms with van der Waals surface area (Å²) in [6.07, 6.45) is 6.51. The van der Waals surface area contributed by atoms with Crippen molar-refractivity contribution >= 4 is 16.6 Å². The first-order chi connectivity index (χ1) is 13.4. The molecule has 0 spiro atoms. The van der Waals surface area contributed by atoms with Gasteiger partial charge in [-0.3, -0.25) is 19.5 Å². The summed E-state index contributed by atoms with van der Waals surface area (Å²) in [5.74, 6) is 0.287. The van der Waals surface area contributed by atoms with Crippen LogP contribution in [0.5, 0.6) is 0 Å². The van der Waals surface area contributed by atoms with Crippen molar-refractivity contribution in [2.45, 2.75) is 52.0 Å². The van der Waals surface area contributed by atoms with Gasteiger partial charge in [0, 0.05) is 25.7 Å². The summed E-state index contributed by atoms with van der Waals surface area (Å²) < 4.78 is 2.76. The zero-order valence-electron chi connectivity index (χ0n) is 16.2. The number of nitrogens with zero attached hydrogens (tertiary/aromatic N) is 4. The summed E-state index contributed by atoms with van der Waals surface area (Å²) in [6, 6.07) is 6.19. The number of hydrogen-bond donors (Lipinski definition) is 0. The Bertz CT molecular complexity index is 1100. The number of aryl methyl sites for hydroxylation is 1. The van der Waals surface area contributed by atoms with Gasteiger partial charge >= 0.3 is 5.69 Å². The van der Waals surface area contributed by atoms with E-state index < -0.39 is 16.2 Å². The second kappa shape index (κ2) is 8.33. The van der Waals surface area contributed by atoms with Gasteiger partial charge in [0.2, 0.25) is 0 Å². The maximum Gasteiger partial charge on any atom is 0.352 e. The molecule has 0 aliphatic carbocycles. The average Bonchev–Trinajstić information content (AvgIpc) is 2.68. The van der Waals surface area contributed by atoms with E-state index >= 15 is 0 Å². The van der Waals surface area contributed by atoms with Crippen molar-refractivity contribution in [3.63, 3.8) is 0 Å². The van der Waals surface area contributed by atoms with E-state index in [4.69, 9.17) is 0 Å². The van der Waals surface area contributed by atoms with Crippen molar-refractivity contribution in [1.82, 2.24) is 14.1 Å². The van der Waals surface area contributed by atoms with E-state index in [9.17, 15) is 19.7 Å². The number of non-ortho nitro benzene ring substituents is 1. The van der Waals surface area contributed by atoms with Gasteiger partial charge in [0.25, 0.3) is 11.2 Å². The molecule has 0 aromatic heterocycles. The SMILES string of the molecule is CCCCCCCCn1c2nc(=O)n(C)c(=O)c-2cc2ccc([N+](=O)[O-])cc21. The summed E-state index contributed by atoms with van der Waals surface area (Å²) in [7, 11) is 1.40.